The molecule has 1 aliphatic heterocycles. The molecule has 0 spiro atoms. The smallest absolute Gasteiger partial charge is 0.220 e. The predicted molar refractivity (Wildman–Crippen MR) is 84.2 cm³/mol. The van der Waals surface area contributed by atoms with Crippen LogP contribution in [-0.4, -0.2) is 50.6 Å². The first kappa shape index (κ1) is 18.4. The van der Waals surface area contributed by atoms with Crippen molar-refractivity contribution in [2.45, 2.75) is 45.6 Å². The second kappa shape index (κ2) is 8.10. The summed E-state index contributed by atoms with van der Waals surface area (Å²) in [7, 11) is -3.11. The third kappa shape index (κ3) is 6.76. The van der Waals surface area contributed by atoms with Crippen LogP contribution in [0.3, 0.4) is 0 Å². The Bertz CT molecular complexity index is 429. The zero-order chi connectivity index (χ0) is 16.0. The number of rotatable bonds is 7. The molecule has 7 heteroatoms. The van der Waals surface area contributed by atoms with E-state index in [-0.39, 0.29) is 17.9 Å². The monoisotopic (exact) mass is 319 g/mol. The van der Waals surface area contributed by atoms with E-state index >= 15 is 0 Å². The lowest BCUT2D eigenvalue weighted by molar-refractivity contribution is -0.123. The van der Waals surface area contributed by atoms with Gasteiger partial charge in [-0.3, -0.25) is 4.79 Å². The van der Waals surface area contributed by atoms with Gasteiger partial charge in [-0.1, -0.05) is 13.8 Å². The van der Waals surface area contributed by atoms with Crippen molar-refractivity contribution < 1.29 is 13.2 Å². The molecule has 3 N–H and O–H groups in total. The van der Waals surface area contributed by atoms with Crippen LogP contribution in [0.2, 0.25) is 0 Å². The first-order valence-electron chi connectivity index (χ1n) is 7.67. The first-order valence-corrected chi connectivity index (χ1v) is 9.51. The summed E-state index contributed by atoms with van der Waals surface area (Å²) >= 11 is 0. The van der Waals surface area contributed by atoms with Crippen LogP contribution in [0.25, 0.3) is 0 Å². The van der Waals surface area contributed by atoms with Gasteiger partial charge in [0.05, 0.1) is 6.26 Å². The highest BCUT2D eigenvalue weighted by Crippen LogP contribution is 2.16. The first-order chi connectivity index (χ1) is 9.72. The van der Waals surface area contributed by atoms with Crippen LogP contribution in [0.1, 0.15) is 39.5 Å². The van der Waals surface area contributed by atoms with Gasteiger partial charge < -0.3 is 11.1 Å². The number of nitrogens with one attached hydrogen (secondary N) is 1. The maximum atomic E-state index is 12.0. The molecule has 1 saturated heterocycles. The third-order valence-corrected chi connectivity index (χ3v) is 5.20. The van der Waals surface area contributed by atoms with E-state index in [2.05, 4.69) is 19.2 Å². The van der Waals surface area contributed by atoms with E-state index in [4.69, 9.17) is 5.73 Å². The molecule has 0 aromatic heterocycles. The number of piperidine rings is 1. The largest absolute Gasteiger partial charge is 0.353 e. The van der Waals surface area contributed by atoms with Crippen LogP contribution in [-0.2, 0) is 14.8 Å². The highest BCUT2D eigenvalue weighted by molar-refractivity contribution is 7.88. The molecule has 1 aliphatic rings. The van der Waals surface area contributed by atoms with Crippen molar-refractivity contribution in [1.82, 2.24) is 9.62 Å². The second-order valence-electron chi connectivity index (χ2n) is 6.44. The van der Waals surface area contributed by atoms with Crippen molar-refractivity contribution in [3.05, 3.63) is 0 Å². The van der Waals surface area contributed by atoms with Gasteiger partial charge in [0.1, 0.15) is 0 Å². The van der Waals surface area contributed by atoms with E-state index < -0.39 is 10.0 Å². The van der Waals surface area contributed by atoms with E-state index in [0.717, 1.165) is 6.42 Å². The zero-order valence-electron chi connectivity index (χ0n) is 13.3. The van der Waals surface area contributed by atoms with E-state index in [9.17, 15) is 13.2 Å². The number of sulfonamides is 1. The number of nitrogens with zero attached hydrogens (tertiary/aromatic N) is 1. The minimum Gasteiger partial charge on any atom is -0.353 e. The fourth-order valence-corrected chi connectivity index (χ4v) is 3.68. The quantitative estimate of drug-likeness (QED) is 0.716. The Labute approximate surface area is 128 Å². The van der Waals surface area contributed by atoms with Crippen LogP contribution in [0, 0.1) is 11.8 Å². The molecule has 1 heterocycles. The van der Waals surface area contributed by atoms with Crippen LogP contribution < -0.4 is 11.1 Å². The standard InChI is InChI=1S/C14H29N3O3S/c1-11(2)8-12(10-15)9-14(18)16-13-4-6-17(7-5-13)21(3,19)20/h11-13H,4-10,15H2,1-3H3,(H,16,18). The molecule has 21 heavy (non-hydrogen) atoms. The van der Waals surface area contributed by atoms with Crippen molar-refractivity contribution in [3.8, 4) is 0 Å². The number of hydrogen-bond acceptors (Lipinski definition) is 4. The summed E-state index contributed by atoms with van der Waals surface area (Å²) in [6.07, 6.45) is 3.99. The molecule has 1 rings (SSSR count). The van der Waals surface area contributed by atoms with Gasteiger partial charge in [-0.05, 0) is 37.6 Å². The molecular formula is C14H29N3O3S. The third-order valence-electron chi connectivity index (χ3n) is 3.90. The number of hydrogen-bond donors (Lipinski definition) is 2. The van der Waals surface area contributed by atoms with Gasteiger partial charge in [-0.25, -0.2) is 12.7 Å². The number of nitrogens with two attached hydrogens (primary N) is 1. The maximum absolute atomic E-state index is 12.0. The molecular weight excluding hydrogens is 290 g/mol. The van der Waals surface area contributed by atoms with Crippen LogP contribution in [0.4, 0.5) is 0 Å². The highest BCUT2D eigenvalue weighted by Gasteiger charge is 2.26. The normalized spacial score (nSPS) is 19.7. The summed E-state index contributed by atoms with van der Waals surface area (Å²) in [4.78, 5) is 12.0. The lowest BCUT2D eigenvalue weighted by atomic mass is 9.93. The average Bonchev–Trinajstić information content (AvgIpc) is 2.36. The molecule has 0 aromatic carbocycles. The van der Waals surface area contributed by atoms with Crippen LogP contribution in [0.15, 0.2) is 0 Å². The van der Waals surface area contributed by atoms with E-state index in [1.165, 1.54) is 10.6 Å². The summed E-state index contributed by atoms with van der Waals surface area (Å²) in [5.74, 6) is 0.786. The van der Waals surface area contributed by atoms with Crippen molar-refractivity contribution in [2.75, 3.05) is 25.9 Å². The minimum absolute atomic E-state index is 0.0314. The molecule has 0 aromatic rings. The van der Waals surface area contributed by atoms with Crippen molar-refractivity contribution in [1.29, 1.82) is 0 Å². The Morgan fingerprint density at radius 2 is 1.90 bits per heavy atom. The summed E-state index contributed by atoms with van der Waals surface area (Å²) in [5, 5.41) is 3.01. The van der Waals surface area contributed by atoms with Gasteiger partial charge in [0.2, 0.25) is 15.9 Å². The van der Waals surface area contributed by atoms with Gasteiger partial charge in [-0.15, -0.1) is 0 Å². The van der Waals surface area contributed by atoms with Crippen molar-refractivity contribution >= 4 is 15.9 Å². The summed E-state index contributed by atoms with van der Waals surface area (Å²) in [6.45, 7) is 5.74. The van der Waals surface area contributed by atoms with Gasteiger partial charge in [0.15, 0.2) is 0 Å². The van der Waals surface area contributed by atoms with E-state index in [1.807, 2.05) is 0 Å². The van der Waals surface area contributed by atoms with E-state index in [0.29, 0.717) is 44.8 Å². The molecule has 6 nitrogen and oxygen atoms in total. The fourth-order valence-electron chi connectivity index (χ4n) is 2.81. The molecule has 1 atom stereocenters. The Morgan fingerprint density at radius 1 is 1.33 bits per heavy atom. The Morgan fingerprint density at radius 3 is 2.33 bits per heavy atom. The predicted octanol–water partition coefficient (Wildman–Crippen LogP) is 0.538. The summed E-state index contributed by atoms with van der Waals surface area (Å²) < 4.78 is 24.3. The summed E-state index contributed by atoms with van der Waals surface area (Å²) in [6, 6.07) is 0.0768. The van der Waals surface area contributed by atoms with Gasteiger partial charge in [-0.2, -0.15) is 0 Å². The lowest BCUT2D eigenvalue weighted by Crippen LogP contribution is -2.46. The average molecular weight is 319 g/mol. The van der Waals surface area contributed by atoms with Gasteiger partial charge in [0, 0.05) is 25.6 Å². The van der Waals surface area contributed by atoms with Crippen molar-refractivity contribution in [2.24, 2.45) is 17.6 Å². The van der Waals surface area contributed by atoms with Crippen LogP contribution >= 0.6 is 0 Å². The molecule has 1 unspecified atom stereocenters. The Hall–Kier alpha value is -0.660. The van der Waals surface area contributed by atoms with Crippen LogP contribution in [0.5, 0.6) is 0 Å². The number of amides is 1. The van der Waals surface area contributed by atoms with Gasteiger partial charge in [0.25, 0.3) is 0 Å². The molecule has 124 valence electrons. The molecule has 1 fully saturated rings. The number of carbonyl (C=O) groups excluding carboxylic acids is 1. The molecule has 0 bridgehead atoms. The van der Waals surface area contributed by atoms with E-state index in [1.54, 1.807) is 0 Å². The Balaban J connectivity index is 2.36. The molecule has 0 aliphatic carbocycles. The fraction of sp³-hybridized carbons (Fsp3) is 0.929. The highest BCUT2D eigenvalue weighted by atomic mass is 32.2. The van der Waals surface area contributed by atoms with Crippen molar-refractivity contribution in [3.63, 3.8) is 0 Å². The summed E-state index contributed by atoms with van der Waals surface area (Å²) in [5.41, 5.74) is 5.72. The Kier molecular flexibility index (Phi) is 7.09. The van der Waals surface area contributed by atoms with Gasteiger partial charge >= 0.3 is 0 Å². The lowest BCUT2D eigenvalue weighted by Gasteiger charge is -2.31. The molecule has 1 amide bonds. The SMILES string of the molecule is CC(C)CC(CN)CC(=O)NC1CCN(S(C)(=O)=O)CC1. The maximum Gasteiger partial charge on any atom is 0.220 e. The molecule has 0 radical (unpaired) electrons. The minimum atomic E-state index is -3.11. The zero-order valence-corrected chi connectivity index (χ0v) is 14.2. The number of carbonyl (C=O) groups is 1. The topological polar surface area (TPSA) is 92.5 Å². The second-order valence-corrected chi connectivity index (χ2v) is 8.42. The molecule has 0 saturated carbocycles.